The number of esters is 2. The fourth-order valence-electron chi connectivity index (χ4n) is 10.9. The Morgan fingerprint density at radius 1 is 0.360 bits per heavy atom. The molecule has 0 amide bonds. The van der Waals surface area contributed by atoms with E-state index in [-0.39, 0.29) is 32.2 Å². The van der Waals surface area contributed by atoms with Crippen molar-refractivity contribution in [2.75, 3.05) is 47.5 Å². The normalized spacial score (nSPS) is 13.0. The van der Waals surface area contributed by atoms with Crippen LogP contribution in [-0.2, 0) is 33.3 Å². The SMILES string of the molecule is CC/C=C\C/C=C\C/C=C\C/C=C\C/C=C\CCCCCCCCCC(=O)OC(COC(=O)CCCCCCCCCCCCCCCCCCCCCCCCCCCCCCCCCCCCCCCC)COC(OCC[N+](C)(C)C)C(=O)[O-]. The van der Waals surface area contributed by atoms with Crippen molar-refractivity contribution in [1.29, 1.82) is 0 Å². The van der Waals surface area contributed by atoms with Gasteiger partial charge in [-0.1, -0.05) is 344 Å². The number of allylic oxidation sites excluding steroid dienone is 10. The maximum absolute atomic E-state index is 12.9. The van der Waals surface area contributed by atoms with Gasteiger partial charge in [0.15, 0.2) is 12.4 Å². The Balaban J connectivity index is 3.99. The minimum absolute atomic E-state index is 0.145. The average Bonchev–Trinajstić information content (AvgIpc) is 3.64. The van der Waals surface area contributed by atoms with Gasteiger partial charge in [0.25, 0.3) is 0 Å². The van der Waals surface area contributed by atoms with Crippen molar-refractivity contribution in [1.82, 2.24) is 0 Å². The molecule has 502 valence electrons. The monoisotopic (exact) mass is 1210 g/mol. The van der Waals surface area contributed by atoms with Crippen LogP contribution >= 0.6 is 0 Å². The van der Waals surface area contributed by atoms with E-state index in [0.717, 1.165) is 77.0 Å². The summed E-state index contributed by atoms with van der Waals surface area (Å²) in [4.78, 5) is 37.5. The highest BCUT2D eigenvalue weighted by atomic mass is 16.7. The lowest BCUT2D eigenvalue weighted by Crippen LogP contribution is -2.44. The van der Waals surface area contributed by atoms with Crippen LogP contribution in [0.15, 0.2) is 60.8 Å². The summed E-state index contributed by atoms with van der Waals surface area (Å²) in [5.41, 5.74) is 0. The first-order chi connectivity index (χ1) is 42.1. The average molecular weight is 1210 g/mol. The molecule has 0 radical (unpaired) electrons. The van der Waals surface area contributed by atoms with Crippen LogP contribution in [-0.4, -0.2) is 82.3 Å². The van der Waals surface area contributed by atoms with Crippen LogP contribution in [0.5, 0.6) is 0 Å². The number of likely N-dealkylation sites (N-methyl/N-ethyl adjacent to an activating group) is 1. The quantitative estimate of drug-likeness (QED) is 0.0195. The third kappa shape index (κ3) is 68.5. The molecule has 0 aliphatic rings. The van der Waals surface area contributed by atoms with Gasteiger partial charge in [-0.2, -0.15) is 0 Å². The molecule has 0 bridgehead atoms. The first-order valence-corrected chi connectivity index (χ1v) is 36.9. The smallest absolute Gasteiger partial charge is 0.306 e. The summed E-state index contributed by atoms with van der Waals surface area (Å²) in [6, 6.07) is 0. The first-order valence-electron chi connectivity index (χ1n) is 36.9. The third-order valence-corrected chi connectivity index (χ3v) is 16.5. The first kappa shape index (κ1) is 83.0. The molecule has 9 nitrogen and oxygen atoms in total. The standard InChI is InChI=1S/C77H141NO8/c1-6-8-10-12-14-16-18-20-22-24-26-28-30-31-32-33-34-35-36-37-38-39-40-41-42-43-44-46-47-49-51-53-55-57-59-61-63-65-67-74(79)84-71-73(72-85-77(76(81)82)83-70-69-78(3,4)5)86-75(80)68-66-64-62-60-58-56-54-52-50-48-45-29-27-25-23-21-19-17-15-13-11-9-7-2/h9,11,15,17,21,23,27,29,48,50,73,77H,6-8,10,12-14,16,18-20,22,24-26,28,30-47,49,51-72H2,1-5H3/b11-9-,17-15-,23-21-,29-27-,50-48-. The molecule has 86 heavy (non-hydrogen) atoms. The van der Waals surface area contributed by atoms with Crippen LogP contribution in [0, 0.1) is 0 Å². The van der Waals surface area contributed by atoms with E-state index in [0.29, 0.717) is 23.9 Å². The maximum atomic E-state index is 12.9. The van der Waals surface area contributed by atoms with Gasteiger partial charge in [0.1, 0.15) is 13.2 Å². The summed E-state index contributed by atoms with van der Waals surface area (Å²) in [6.07, 6.45) is 86.2. The van der Waals surface area contributed by atoms with Gasteiger partial charge in [0, 0.05) is 12.8 Å². The fourth-order valence-corrected chi connectivity index (χ4v) is 10.9. The third-order valence-electron chi connectivity index (χ3n) is 16.5. The van der Waals surface area contributed by atoms with Crippen molar-refractivity contribution >= 4 is 17.9 Å². The number of hydrogen-bond donors (Lipinski definition) is 0. The van der Waals surface area contributed by atoms with Gasteiger partial charge in [-0.3, -0.25) is 9.59 Å². The van der Waals surface area contributed by atoms with Crippen LogP contribution in [0.3, 0.4) is 0 Å². The van der Waals surface area contributed by atoms with E-state index < -0.39 is 24.3 Å². The van der Waals surface area contributed by atoms with E-state index in [9.17, 15) is 19.5 Å². The van der Waals surface area contributed by atoms with Gasteiger partial charge >= 0.3 is 11.9 Å². The molecule has 0 aromatic rings. The molecule has 0 fully saturated rings. The Morgan fingerprint density at radius 2 is 0.663 bits per heavy atom. The molecule has 2 atom stereocenters. The zero-order valence-electron chi connectivity index (χ0n) is 57.4. The topological polar surface area (TPSA) is 111 Å². The Morgan fingerprint density at radius 3 is 0.988 bits per heavy atom. The van der Waals surface area contributed by atoms with Gasteiger partial charge in [0.2, 0.25) is 0 Å². The molecule has 2 unspecified atom stereocenters. The Kier molecular flexibility index (Phi) is 65.5. The van der Waals surface area contributed by atoms with E-state index >= 15 is 0 Å². The summed E-state index contributed by atoms with van der Waals surface area (Å²) < 4.78 is 22.8. The highest BCUT2D eigenvalue weighted by molar-refractivity contribution is 5.70. The molecular weight excluding hydrogens is 1070 g/mol. The number of ether oxygens (including phenoxy) is 4. The second-order valence-corrected chi connectivity index (χ2v) is 26.2. The molecule has 0 saturated heterocycles. The van der Waals surface area contributed by atoms with Gasteiger partial charge in [0.05, 0.1) is 40.3 Å². The number of carboxylic acid groups (broad SMARTS) is 1. The number of carbonyl (C=O) groups is 3. The number of hydrogen-bond acceptors (Lipinski definition) is 8. The number of nitrogens with zero attached hydrogens (tertiary/aromatic N) is 1. The Bertz CT molecular complexity index is 1600. The van der Waals surface area contributed by atoms with E-state index in [4.69, 9.17) is 18.9 Å². The molecule has 0 aromatic heterocycles. The van der Waals surface area contributed by atoms with Gasteiger partial charge in [-0.15, -0.1) is 0 Å². The zero-order chi connectivity index (χ0) is 62.6. The van der Waals surface area contributed by atoms with Crippen molar-refractivity contribution in [2.45, 2.75) is 367 Å². The van der Waals surface area contributed by atoms with E-state index in [1.807, 2.05) is 21.1 Å². The van der Waals surface area contributed by atoms with E-state index in [2.05, 4.69) is 74.6 Å². The highest BCUT2D eigenvalue weighted by Gasteiger charge is 2.22. The predicted octanol–water partition coefficient (Wildman–Crippen LogP) is 21.8. The van der Waals surface area contributed by atoms with Crippen molar-refractivity contribution in [3.05, 3.63) is 60.8 Å². The predicted molar refractivity (Wildman–Crippen MR) is 366 cm³/mol. The van der Waals surface area contributed by atoms with Crippen LogP contribution < -0.4 is 5.11 Å². The van der Waals surface area contributed by atoms with E-state index in [1.54, 1.807) is 0 Å². The largest absolute Gasteiger partial charge is 0.545 e. The van der Waals surface area contributed by atoms with Crippen LogP contribution in [0.2, 0.25) is 0 Å². The van der Waals surface area contributed by atoms with Crippen LogP contribution in [0.4, 0.5) is 0 Å². The molecule has 0 N–H and O–H groups in total. The van der Waals surface area contributed by atoms with Gasteiger partial charge in [-0.25, -0.2) is 0 Å². The zero-order valence-corrected chi connectivity index (χ0v) is 57.4. The van der Waals surface area contributed by atoms with Crippen molar-refractivity contribution in [3.63, 3.8) is 0 Å². The van der Waals surface area contributed by atoms with Crippen molar-refractivity contribution in [3.8, 4) is 0 Å². The number of quaternary nitrogens is 1. The number of carbonyl (C=O) groups excluding carboxylic acids is 3. The lowest BCUT2D eigenvalue weighted by atomic mass is 10.0. The minimum Gasteiger partial charge on any atom is -0.545 e. The maximum Gasteiger partial charge on any atom is 0.306 e. The fraction of sp³-hybridized carbons (Fsp3) is 0.831. The summed E-state index contributed by atoms with van der Waals surface area (Å²) >= 11 is 0. The highest BCUT2D eigenvalue weighted by Crippen LogP contribution is 2.19. The molecule has 0 saturated carbocycles. The Labute approximate surface area is 533 Å². The summed E-state index contributed by atoms with van der Waals surface area (Å²) in [7, 11) is 5.93. The lowest BCUT2D eigenvalue weighted by molar-refractivity contribution is -0.870. The van der Waals surface area contributed by atoms with Gasteiger partial charge < -0.3 is 33.3 Å². The number of rotatable bonds is 69. The molecular formula is C77H141NO8. The Hall–Kier alpha value is -3.01. The van der Waals surface area contributed by atoms with E-state index in [1.165, 1.54) is 244 Å². The summed E-state index contributed by atoms with van der Waals surface area (Å²) in [5.74, 6) is -2.28. The molecule has 0 heterocycles. The summed E-state index contributed by atoms with van der Waals surface area (Å²) in [5, 5.41) is 11.8. The molecule has 0 aliphatic carbocycles. The molecule has 0 aliphatic heterocycles. The molecule has 0 rings (SSSR count). The number of carboxylic acids is 1. The van der Waals surface area contributed by atoms with Gasteiger partial charge in [-0.05, 0) is 57.8 Å². The number of unbranched alkanes of at least 4 members (excludes halogenated alkanes) is 44. The molecule has 0 spiro atoms. The van der Waals surface area contributed by atoms with Crippen molar-refractivity contribution in [2.24, 2.45) is 0 Å². The second kappa shape index (κ2) is 67.9. The molecule has 9 heteroatoms. The van der Waals surface area contributed by atoms with Crippen molar-refractivity contribution < 1.29 is 42.9 Å². The minimum atomic E-state index is -1.63. The van der Waals surface area contributed by atoms with Crippen LogP contribution in [0.25, 0.3) is 0 Å². The second-order valence-electron chi connectivity index (χ2n) is 26.2. The summed E-state index contributed by atoms with van der Waals surface area (Å²) in [6.45, 7) is 4.67. The lowest BCUT2D eigenvalue weighted by Gasteiger charge is -2.26. The van der Waals surface area contributed by atoms with Crippen LogP contribution in [0.1, 0.15) is 354 Å². The number of aliphatic carboxylic acids is 1. The molecule has 0 aromatic carbocycles.